The summed E-state index contributed by atoms with van der Waals surface area (Å²) in [6, 6.07) is 47.6. The number of ether oxygens (including phenoxy) is 2. The first-order valence-electron chi connectivity index (χ1n) is 18.9. The Balaban J connectivity index is 1.14. The fourth-order valence-electron chi connectivity index (χ4n) is 8.62. The van der Waals surface area contributed by atoms with Gasteiger partial charge in [0, 0.05) is 41.1 Å². The molecule has 0 saturated carbocycles. The number of hydrogen-bond acceptors (Lipinski definition) is 3. The molecule has 53 heavy (non-hydrogen) atoms. The van der Waals surface area contributed by atoms with Crippen molar-refractivity contribution >= 4 is 38.6 Å². The zero-order chi connectivity index (χ0) is 36.4. The third kappa shape index (κ3) is 6.63. The van der Waals surface area contributed by atoms with Crippen molar-refractivity contribution in [2.45, 2.75) is 51.7 Å². The molecule has 6 aromatic carbocycles. The quantitative estimate of drug-likeness (QED) is 0.0940. The molecule has 0 fully saturated rings. The van der Waals surface area contributed by atoms with E-state index in [1.165, 1.54) is 66.6 Å². The van der Waals surface area contributed by atoms with Crippen LogP contribution in [0, 0.1) is 0 Å². The Bertz CT molecular complexity index is 2350. The molecule has 4 heteroatoms. The van der Waals surface area contributed by atoms with E-state index in [-0.39, 0.29) is 10.8 Å². The Kier molecular flexibility index (Phi) is 9.59. The highest BCUT2D eigenvalue weighted by molar-refractivity contribution is 6.07. The van der Waals surface area contributed by atoms with Crippen molar-refractivity contribution in [3.8, 4) is 0 Å². The van der Waals surface area contributed by atoms with Gasteiger partial charge in [-0.3, -0.25) is 0 Å². The second-order valence-corrected chi connectivity index (χ2v) is 15.3. The van der Waals surface area contributed by atoms with Crippen LogP contribution in [0.15, 0.2) is 157 Å². The molecule has 6 aromatic rings. The van der Waals surface area contributed by atoms with Crippen LogP contribution in [0.2, 0.25) is 0 Å². The van der Waals surface area contributed by atoms with Crippen LogP contribution >= 0.6 is 0 Å². The summed E-state index contributed by atoms with van der Waals surface area (Å²) in [4.78, 5) is 2.49. The van der Waals surface area contributed by atoms with Crippen molar-refractivity contribution in [1.82, 2.24) is 0 Å². The Morgan fingerprint density at radius 1 is 0.585 bits per heavy atom. The lowest BCUT2D eigenvalue weighted by molar-refractivity contribution is -0.442. The second-order valence-electron chi connectivity index (χ2n) is 15.3. The van der Waals surface area contributed by atoms with E-state index in [9.17, 15) is 0 Å². The van der Waals surface area contributed by atoms with E-state index < -0.39 is 0 Å². The minimum Gasteiger partial charge on any atom is -0.375 e. The number of rotatable bonds is 12. The summed E-state index contributed by atoms with van der Waals surface area (Å²) in [5.41, 5.74) is 9.81. The highest BCUT2D eigenvalue weighted by Crippen LogP contribution is 2.51. The first-order chi connectivity index (χ1) is 25.8. The molecule has 0 spiro atoms. The molecule has 0 saturated heterocycles. The van der Waals surface area contributed by atoms with E-state index in [1.807, 2.05) is 12.1 Å². The fourth-order valence-corrected chi connectivity index (χ4v) is 8.62. The van der Waals surface area contributed by atoms with Gasteiger partial charge >= 0.3 is 0 Å². The number of anilines is 1. The molecular weight excluding hydrogens is 649 g/mol. The van der Waals surface area contributed by atoms with Gasteiger partial charge in [-0.05, 0) is 70.3 Å². The van der Waals surface area contributed by atoms with Crippen LogP contribution in [0.3, 0.4) is 0 Å². The van der Waals surface area contributed by atoms with Crippen LogP contribution in [-0.4, -0.2) is 36.6 Å². The van der Waals surface area contributed by atoms with Gasteiger partial charge in [0.2, 0.25) is 5.69 Å². The third-order valence-electron chi connectivity index (χ3n) is 11.2. The largest absolute Gasteiger partial charge is 0.375 e. The Hall–Kier alpha value is -5.29. The van der Waals surface area contributed by atoms with Gasteiger partial charge in [0.1, 0.15) is 6.61 Å². The van der Waals surface area contributed by atoms with E-state index in [4.69, 9.17) is 9.47 Å². The van der Waals surface area contributed by atoms with Crippen molar-refractivity contribution in [2.24, 2.45) is 0 Å². The smallest absolute Gasteiger partial charge is 0.210 e. The summed E-state index contributed by atoms with van der Waals surface area (Å²) >= 11 is 0. The Morgan fingerprint density at radius 2 is 1.15 bits per heavy atom. The van der Waals surface area contributed by atoms with Gasteiger partial charge in [-0.25, -0.2) is 0 Å². The normalized spacial score (nSPS) is 16.7. The Morgan fingerprint density at radius 3 is 1.81 bits per heavy atom. The molecule has 0 amide bonds. The molecule has 0 radical (unpaired) electrons. The van der Waals surface area contributed by atoms with Gasteiger partial charge in [0.25, 0.3) is 0 Å². The van der Waals surface area contributed by atoms with Gasteiger partial charge < -0.3 is 14.4 Å². The average molecular weight is 698 g/mol. The maximum atomic E-state index is 6.26. The summed E-state index contributed by atoms with van der Waals surface area (Å²) < 4.78 is 15.0. The van der Waals surface area contributed by atoms with E-state index in [0.717, 1.165) is 13.1 Å². The van der Waals surface area contributed by atoms with Crippen molar-refractivity contribution in [2.75, 3.05) is 31.2 Å². The fraction of sp³-hybridized carbons (Fsp3) is 0.245. The van der Waals surface area contributed by atoms with Crippen molar-refractivity contribution in [3.05, 3.63) is 180 Å². The average Bonchev–Trinajstić information content (AvgIpc) is 3.54. The maximum absolute atomic E-state index is 6.26. The lowest BCUT2D eigenvalue weighted by Crippen LogP contribution is -2.30. The highest BCUT2D eigenvalue weighted by Gasteiger charge is 2.46. The van der Waals surface area contributed by atoms with E-state index in [0.29, 0.717) is 26.4 Å². The molecule has 2 aliphatic heterocycles. The SMILES string of the molecule is CC1(C)C(/C=C/C=C2/N(CCOCc3ccccc3)c3ccc4ccccc4c3C2(C)C)=[N+](CCOCc2ccccc2)c2ccc3ccccc3c21. The molecule has 0 N–H and O–H groups in total. The molecule has 2 heterocycles. The molecule has 4 nitrogen and oxygen atoms in total. The summed E-state index contributed by atoms with van der Waals surface area (Å²) in [6.07, 6.45) is 6.98. The maximum Gasteiger partial charge on any atom is 0.210 e. The minimum atomic E-state index is -0.208. The van der Waals surface area contributed by atoms with Gasteiger partial charge in [0.15, 0.2) is 12.3 Å². The van der Waals surface area contributed by atoms with Crippen molar-refractivity contribution in [3.63, 3.8) is 0 Å². The first-order valence-corrected chi connectivity index (χ1v) is 18.9. The van der Waals surface area contributed by atoms with Crippen LogP contribution in [0.5, 0.6) is 0 Å². The molecule has 0 aromatic heterocycles. The molecular formula is C49H49N2O2+. The number of hydrogen-bond donors (Lipinski definition) is 0. The van der Waals surface area contributed by atoms with Crippen LogP contribution in [-0.2, 0) is 33.5 Å². The molecule has 0 bridgehead atoms. The molecule has 0 unspecified atom stereocenters. The summed E-state index contributed by atoms with van der Waals surface area (Å²) in [5, 5.41) is 5.17. The van der Waals surface area contributed by atoms with Crippen LogP contribution in [0.4, 0.5) is 11.4 Å². The van der Waals surface area contributed by atoms with Gasteiger partial charge in [-0.1, -0.05) is 135 Å². The predicted molar refractivity (Wildman–Crippen MR) is 221 cm³/mol. The van der Waals surface area contributed by atoms with Crippen LogP contribution < -0.4 is 4.90 Å². The molecule has 0 aliphatic carbocycles. The lowest BCUT2D eigenvalue weighted by Gasteiger charge is -2.27. The standard InChI is InChI=1S/C49H49N2O2/c1-48(2)44(50(30-32-52-34-36-16-7-5-8-17-36)42-28-26-38-20-11-13-22-40(38)46(42)48)24-15-25-45-49(3,4)47-41-23-14-12-21-39(41)27-29-43(47)51(45)31-33-53-35-37-18-9-6-10-19-37/h5-29H,30-35H2,1-4H3/q+1. The molecule has 266 valence electrons. The third-order valence-corrected chi connectivity index (χ3v) is 11.2. The number of nitrogens with zero attached hydrogens (tertiary/aromatic N) is 2. The molecule has 0 atom stereocenters. The monoisotopic (exact) mass is 697 g/mol. The van der Waals surface area contributed by atoms with Gasteiger partial charge in [-0.15, -0.1) is 0 Å². The minimum absolute atomic E-state index is 0.208. The number of fused-ring (bicyclic) bond motifs is 6. The van der Waals surface area contributed by atoms with E-state index in [1.54, 1.807) is 0 Å². The van der Waals surface area contributed by atoms with Crippen LogP contribution in [0.1, 0.15) is 49.9 Å². The first kappa shape index (κ1) is 34.8. The van der Waals surface area contributed by atoms with E-state index >= 15 is 0 Å². The van der Waals surface area contributed by atoms with E-state index in [2.05, 4.69) is 177 Å². The summed E-state index contributed by atoms with van der Waals surface area (Å²) in [7, 11) is 0. The number of allylic oxidation sites excluding steroid dienone is 4. The van der Waals surface area contributed by atoms with Crippen molar-refractivity contribution < 1.29 is 14.0 Å². The van der Waals surface area contributed by atoms with Crippen molar-refractivity contribution in [1.29, 1.82) is 0 Å². The molecule has 8 rings (SSSR count). The molecule has 2 aliphatic rings. The zero-order valence-electron chi connectivity index (χ0n) is 31.4. The lowest BCUT2D eigenvalue weighted by atomic mass is 9.79. The number of benzene rings is 6. The zero-order valence-corrected chi connectivity index (χ0v) is 31.4. The second kappa shape index (κ2) is 14.6. The summed E-state index contributed by atoms with van der Waals surface area (Å²) in [6.45, 7) is 13.5. The van der Waals surface area contributed by atoms with Gasteiger partial charge in [-0.2, -0.15) is 4.58 Å². The topological polar surface area (TPSA) is 24.7 Å². The highest BCUT2D eigenvalue weighted by atomic mass is 16.5. The van der Waals surface area contributed by atoms with Gasteiger partial charge in [0.05, 0.1) is 25.2 Å². The predicted octanol–water partition coefficient (Wildman–Crippen LogP) is 11.0. The summed E-state index contributed by atoms with van der Waals surface area (Å²) in [5.74, 6) is 0. The van der Waals surface area contributed by atoms with Crippen LogP contribution in [0.25, 0.3) is 21.5 Å². The Labute approximate surface area is 314 Å².